The quantitative estimate of drug-likeness (QED) is 0.337. The van der Waals surface area contributed by atoms with Crippen LogP contribution in [-0.4, -0.2) is 28.7 Å². The average molecular weight is 500 g/mol. The van der Waals surface area contributed by atoms with Crippen LogP contribution in [0.3, 0.4) is 0 Å². The van der Waals surface area contributed by atoms with E-state index in [9.17, 15) is 18.8 Å². The van der Waals surface area contributed by atoms with Crippen LogP contribution in [0.25, 0.3) is 17.0 Å². The molecule has 0 atom stereocenters. The second kappa shape index (κ2) is 9.02. The Hall–Kier alpha value is -4.79. The van der Waals surface area contributed by atoms with Gasteiger partial charge in [-0.2, -0.15) is 4.57 Å². The lowest BCUT2D eigenvalue weighted by Gasteiger charge is -2.14. The number of nitrogens with zero attached hydrogens (tertiary/aromatic N) is 3. The number of aromatic amines is 1. The number of carbonyl (C=O) groups excluding carboxylic acids is 2. The van der Waals surface area contributed by atoms with Crippen molar-refractivity contribution >= 4 is 28.8 Å². The van der Waals surface area contributed by atoms with Crippen molar-refractivity contribution in [3.63, 3.8) is 0 Å². The fraction of sp³-hybridized carbons (Fsp3) is 0.143. The number of pyridine rings is 1. The number of H-pyrrole nitrogens is 1. The second-order valence-electron chi connectivity index (χ2n) is 8.89. The number of benzene rings is 2. The van der Waals surface area contributed by atoms with Crippen molar-refractivity contribution in [3.05, 3.63) is 106 Å². The summed E-state index contributed by atoms with van der Waals surface area (Å²) < 4.78 is 21.5. The first-order chi connectivity index (χ1) is 17.7. The number of amides is 2. The van der Waals surface area contributed by atoms with E-state index in [1.165, 1.54) is 36.1 Å². The van der Waals surface area contributed by atoms with Gasteiger partial charge < -0.3 is 4.74 Å². The minimum Gasteiger partial charge on any atom is -0.497 e. The third kappa shape index (κ3) is 4.04. The zero-order chi connectivity index (χ0) is 26.4. The summed E-state index contributed by atoms with van der Waals surface area (Å²) in [6.07, 6.45) is 3.48. The molecule has 0 aliphatic carbocycles. The Bertz CT molecular complexity index is 1630. The highest BCUT2D eigenvalue weighted by Gasteiger charge is 2.48. The zero-order valence-electron chi connectivity index (χ0n) is 20.7. The van der Waals surface area contributed by atoms with E-state index in [1.807, 2.05) is 19.9 Å². The number of ether oxygens (including phenoxy) is 1. The van der Waals surface area contributed by atoms with Gasteiger partial charge in [-0.05, 0) is 75.4 Å². The molecule has 1 aliphatic heterocycles. The highest BCUT2D eigenvalue weighted by atomic mass is 19.1. The molecule has 3 heterocycles. The Morgan fingerprint density at radius 2 is 1.43 bits per heavy atom. The summed E-state index contributed by atoms with van der Waals surface area (Å²) in [5.41, 5.74) is 2.48. The lowest BCUT2D eigenvalue weighted by atomic mass is 10.1. The molecule has 8 nitrogen and oxygen atoms in total. The molecule has 1 N–H and O–H groups in total. The van der Waals surface area contributed by atoms with Crippen molar-refractivity contribution in [2.75, 3.05) is 12.0 Å². The zero-order valence-corrected chi connectivity index (χ0v) is 20.7. The van der Waals surface area contributed by atoms with Gasteiger partial charge in [0.1, 0.15) is 17.1 Å². The van der Waals surface area contributed by atoms with Gasteiger partial charge in [-0.1, -0.05) is 0 Å². The van der Waals surface area contributed by atoms with E-state index in [0.717, 1.165) is 16.0 Å². The fourth-order valence-electron chi connectivity index (χ4n) is 4.60. The summed E-state index contributed by atoms with van der Waals surface area (Å²) in [7, 11) is 1.52. The molecule has 0 radical (unpaired) electrons. The van der Waals surface area contributed by atoms with Gasteiger partial charge in [0.15, 0.2) is 12.4 Å². The molecular weight excluding hydrogens is 475 g/mol. The average Bonchev–Trinajstić information content (AvgIpc) is 3.29. The van der Waals surface area contributed by atoms with E-state index in [-0.39, 0.29) is 16.8 Å². The molecule has 2 aromatic carbocycles. The van der Waals surface area contributed by atoms with Gasteiger partial charge in [0.25, 0.3) is 17.2 Å². The maximum atomic E-state index is 13.9. The van der Waals surface area contributed by atoms with Crippen LogP contribution in [0.1, 0.15) is 22.4 Å². The highest BCUT2D eigenvalue weighted by molar-refractivity contribution is 6.53. The van der Waals surface area contributed by atoms with Crippen molar-refractivity contribution in [2.24, 2.45) is 0 Å². The van der Waals surface area contributed by atoms with Crippen LogP contribution in [0.4, 0.5) is 10.1 Å². The summed E-state index contributed by atoms with van der Waals surface area (Å²) in [5, 5.41) is 2.97. The van der Waals surface area contributed by atoms with Crippen LogP contribution >= 0.6 is 0 Å². The molecule has 0 saturated heterocycles. The molecule has 37 heavy (non-hydrogen) atoms. The first-order valence-electron chi connectivity index (χ1n) is 11.5. The Labute approximate surface area is 211 Å². The molecule has 2 aromatic heterocycles. The highest BCUT2D eigenvalue weighted by Crippen LogP contribution is 2.34. The van der Waals surface area contributed by atoms with Crippen molar-refractivity contribution in [1.82, 2.24) is 9.78 Å². The molecule has 9 heteroatoms. The Kier molecular flexibility index (Phi) is 5.83. The van der Waals surface area contributed by atoms with Gasteiger partial charge in [-0.3, -0.25) is 19.5 Å². The lowest BCUT2D eigenvalue weighted by molar-refractivity contribution is -0.577. The number of anilines is 1. The van der Waals surface area contributed by atoms with E-state index in [0.29, 0.717) is 22.8 Å². The van der Waals surface area contributed by atoms with E-state index >= 15 is 0 Å². The minimum absolute atomic E-state index is 0.0181. The predicted octanol–water partition coefficient (Wildman–Crippen LogP) is 3.47. The van der Waals surface area contributed by atoms with E-state index in [2.05, 4.69) is 5.10 Å². The van der Waals surface area contributed by atoms with Crippen molar-refractivity contribution in [2.45, 2.75) is 20.8 Å². The Morgan fingerprint density at radius 1 is 0.838 bits per heavy atom. The third-order valence-electron chi connectivity index (χ3n) is 6.20. The first-order valence-corrected chi connectivity index (χ1v) is 11.5. The van der Waals surface area contributed by atoms with Crippen LogP contribution in [0, 0.1) is 26.6 Å². The number of hydrogen-bond acceptors (Lipinski definition) is 4. The van der Waals surface area contributed by atoms with Crippen LogP contribution in [0.5, 0.6) is 5.75 Å². The summed E-state index contributed by atoms with van der Waals surface area (Å²) >= 11 is 0. The van der Waals surface area contributed by atoms with Gasteiger partial charge in [-0.25, -0.2) is 14.0 Å². The van der Waals surface area contributed by atoms with E-state index in [4.69, 9.17) is 4.74 Å². The molecule has 0 fully saturated rings. The van der Waals surface area contributed by atoms with Crippen LogP contribution in [-0.2, 0) is 9.59 Å². The van der Waals surface area contributed by atoms with Crippen LogP contribution < -0.4 is 19.8 Å². The van der Waals surface area contributed by atoms with Crippen molar-refractivity contribution < 1.29 is 23.3 Å². The number of carbonyl (C=O) groups is 2. The second-order valence-corrected chi connectivity index (χ2v) is 8.89. The summed E-state index contributed by atoms with van der Waals surface area (Å²) in [4.78, 5) is 42.5. The number of nitrogens with one attached hydrogen (secondary N) is 1. The van der Waals surface area contributed by atoms with Crippen molar-refractivity contribution in [1.29, 1.82) is 0 Å². The summed E-state index contributed by atoms with van der Waals surface area (Å²) in [6.45, 7) is 5.42. The number of hydrogen-bond donors (Lipinski definition) is 1. The van der Waals surface area contributed by atoms with E-state index < -0.39 is 23.2 Å². The van der Waals surface area contributed by atoms with Crippen LogP contribution in [0.2, 0.25) is 0 Å². The maximum absolute atomic E-state index is 13.9. The predicted molar refractivity (Wildman–Crippen MR) is 136 cm³/mol. The maximum Gasteiger partial charge on any atom is 0.331 e. The normalized spacial score (nSPS) is 13.6. The fourth-order valence-corrected chi connectivity index (χ4v) is 4.60. The Morgan fingerprint density at radius 3 is 2.03 bits per heavy atom. The number of aryl methyl sites for hydroxylation is 3. The molecule has 0 spiro atoms. The molecule has 0 saturated carbocycles. The number of halogens is 1. The van der Waals surface area contributed by atoms with Crippen LogP contribution in [0.15, 0.2) is 71.8 Å². The third-order valence-corrected chi connectivity index (χ3v) is 6.20. The van der Waals surface area contributed by atoms with Crippen molar-refractivity contribution in [3.8, 4) is 11.4 Å². The van der Waals surface area contributed by atoms with E-state index in [1.54, 1.807) is 48.1 Å². The molecular formula is C28H24FN4O4+. The first kappa shape index (κ1) is 23.9. The van der Waals surface area contributed by atoms with Gasteiger partial charge in [0, 0.05) is 16.8 Å². The molecule has 0 unspecified atom stereocenters. The van der Waals surface area contributed by atoms with Gasteiger partial charge in [0.05, 0.1) is 24.0 Å². The van der Waals surface area contributed by atoms with Gasteiger partial charge >= 0.3 is 5.91 Å². The molecule has 186 valence electrons. The number of rotatable bonds is 5. The molecule has 2 amide bonds. The lowest BCUT2D eigenvalue weighted by Crippen LogP contribution is -2.40. The molecule has 1 aliphatic rings. The SMILES string of the molecule is COc1ccc(N2C(=O)C(c3c(C)[nH]n(-c4ccc(F)cc4)c3=O)=C([n+]3cc(C)cc(C)c3)C2=O)cc1. The number of aromatic nitrogens is 3. The largest absolute Gasteiger partial charge is 0.497 e. The molecule has 0 bridgehead atoms. The topological polar surface area (TPSA) is 88.3 Å². The smallest absolute Gasteiger partial charge is 0.331 e. The molecule has 4 aromatic rings. The minimum atomic E-state index is -0.623. The summed E-state index contributed by atoms with van der Waals surface area (Å²) in [5.74, 6) is -1.05. The standard InChI is InChI=1S/C28H23FN4O4/c1-16-13-17(2)15-31(14-16)25-24(26(34)32(28(25)36)20-9-11-22(37-4)12-10-20)23-18(3)30-33(27(23)35)21-7-5-19(29)6-8-21/h5-15H,1-4H3/p+1. The Balaban J connectivity index is 1.75. The number of methoxy groups -OCH3 is 1. The monoisotopic (exact) mass is 499 g/mol. The van der Waals surface area contributed by atoms with Gasteiger partial charge in [0.2, 0.25) is 0 Å². The van der Waals surface area contributed by atoms with Gasteiger partial charge in [-0.15, -0.1) is 0 Å². The summed E-state index contributed by atoms with van der Waals surface area (Å²) in [6, 6.07) is 13.9. The number of imide groups is 1. The molecule has 5 rings (SSSR count).